The predicted octanol–water partition coefficient (Wildman–Crippen LogP) is 3.02. The van der Waals surface area contributed by atoms with Crippen LogP contribution in [0.3, 0.4) is 0 Å². The Labute approximate surface area is 99.0 Å². The second-order valence-electron chi connectivity index (χ2n) is 4.13. The number of benzene rings is 1. The van der Waals surface area contributed by atoms with E-state index < -0.39 is 0 Å². The minimum atomic E-state index is 0.240. The maximum absolute atomic E-state index is 9.52. The van der Waals surface area contributed by atoms with Crippen molar-refractivity contribution >= 4 is 5.52 Å². The van der Waals surface area contributed by atoms with Crippen LogP contribution < -0.4 is 0 Å². The van der Waals surface area contributed by atoms with Crippen molar-refractivity contribution in [1.29, 1.82) is 0 Å². The molecule has 0 spiro atoms. The van der Waals surface area contributed by atoms with Crippen molar-refractivity contribution < 1.29 is 5.11 Å². The van der Waals surface area contributed by atoms with Crippen molar-refractivity contribution in [2.24, 2.45) is 0 Å². The summed E-state index contributed by atoms with van der Waals surface area (Å²) in [7, 11) is 0. The summed E-state index contributed by atoms with van der Waals surface area (Å²) in [5.41, 5.74) is 3.23. The molecule has 1 N–H and O–H groups in total. The fraction of sp³-hybridized carbons (Fsp3) is 0.0714. The first-order chi connectivity index (χ1) is 8.24. The lowest BCUT2D eigenvalue weighted by Gasteiger charge is -2.02. The van der Waals surface area contributed by atoms with Crippen LogP contribution in [0.25, 0.3) is 16.9 Å². The number of aromatic nitrogens is 2. The van der Waals surface area contributed by atoms with Gasteiger partial charge in [0.2, 0.25) is 0 Å². The van der Waals surface area contributed by atoms with E-state index in [9.17, 15) is 5.11 Å². The lowest BCUT2D eigenvalue weighted by molar-refractivity contribution is 0.472. The summed E-state index contributed by atoms with van der Waals surface area (Å²) in [6.45, 7) is 2.05. The quantitative estimate of drug-likeness (QED) is 0.690. The molecule has 3 nitrogen and oxygen atoms in total. The maximum Gasteiger partial charge on any atom is 0.144 e. The minimum absolute atomic E-state index is 0.240. The lowest BCUT2D eigenvalue weighted by atomic mass is 10.1. The first kappa shape index (κ1) is 9.90. The van der Waals surface area contributed by atoms with Crippen LogP contribution in [0.15, 0.2) is 48.8 Å². The molecule has 3 aromatic rings. The first-order valence-electron chi connectivity index (χ1n) is 5.47. The molecule has 0 amide bonds. The summed E-state index contributed by atoms with van der Waals surface area (Å²) in [5, 5.41) is 9.52. The molecule has 17 heavy (non-hydrogen) atoms. The lowest BCUT2D eigenvalue weighted by Crippen LogP contribution is -1.88. The molecule has 0 aliphatic carbocycles. The zero-order chi connectivity index (χ0) is 11.8. The molecular formula is C14H12N2O. The standard InChI is InChI=1S/C14H12N2O/c1-10-2-4-11(5-3-10)14-15-8-12-6-7-13(17)9-16(12)14/h2-9,17H,1H3. The molecule has 0 atom stereocenters. The molecule has 2 aromatic heterocycles. The largest absolute Gasteiger partial charge is 0.506 e. The summed E-state index contributed by atoms with van der Waals surface area (Å²) in [5.74, 6) is 1.08. The number of hydrogen-bond acceptors (Lipinski definition) is 2. The second kappa shape index (κ2) is 3.63. The van der Waals surface area contributed by atoms with E-state index in [1.807, 2.05) is 22.6 Å². The highest BCUT2D eigenvalue weighted by Crippen LogP contribution is 2.22. The molecule has 0 saturated carbocycles. The Morgan fingerprint density at radius 2 is 1.82 bits per heavy atom. The number of nitrogens with zero attached hydrogens (tertiary/aromatic N) is 2. The van der Waals surface area contributed by atoms with Gasteiger partial charge in [0.1, 0.15) is 11.6 Å². The van der Waals surface area contributed by atoms with Crippen LogP contribution >= 0.6 is 0 Å². The number of fused-ring (bicyclic) bond motifs is 1. The molecule has 0 saturated heterocycles. The third-order valence-corrected chi connectivity index (χ3v) is 2.82. The van der Waals surface area contributed by atoms with Gasteiger partial charge in [0.15, 0.2) is 0 Å². The van der Waals surface area contributed by atoms with E-state index in [1.54, 1.807) is 18.5 Å². The van der Waals surface area contributed by atoms with Gasteiger partial charge < -0.3 is 5.11 Å². The smallest absolute Gasteiger partial charge is 0.144 e. The molecule has 0 fully saturated rings. The SMILES string of the molecule is Cc1ccc(-c2ncc3ccc(O)cn23)cc1. The Hall–Kier alpha value is -2.29. The van der Waals surface area contributed by atoms with Crippen LogP contribution in [0.5, 0.6) is 5.75 Å². The molecular weight excluding hydrogens is 212 g/mol. The van der Waals surface area contributed by atoms with Gasteiger partial charge in [-0.3, -0.25) is 4.40 Å². The van der Waals surface area contributed by atoms with Gasteiger partial charge in [-0.15, -0.1) is 0 Å². The van der Waals surface area contributed by atoms with E-state index in [4.69, 9.17) is 0 Å². The fourth-order valence-corrected chi connectivity index (χ4v) is 1.90. The van der Waals surface area contributed by atoms with Gasteiger partial charge in [-0.1, -0.05) is 29.8 Å². The number of rotatable bonds is 1. The first-order valence-corrected chi connectivity index (χ1v) is 5.47. The van der Waals surface area contributed by atoms with Crippen molar-refractivity contribution in [2.45, 2.75) is 6.92 Å². The average molecular weight is 224 g/mol. The van der Waals surface area contributed by atoms with E-state index in [2.05, 4.69) is 24.0 Å². The van der Waals surface area contributed by atoms with Crippen LogP contribution in [0.4, 0.5) is 0 Å². The highest BCUT2D eigenvalue weighted by Gasteiger charge is 2.06. The van der Waals surface area contributed by atoms with E-state index >= 15 is 0 Å². The Morgan fingerprint density at radius 3 is 2.59 bits per heavy atom. The summed E-state index contributed by atoms with van der Waals surface area (Å²) >= 11 is 0. The third-order valence-electron chi connectivity index (χ3n) is 2.82. The Bertz CT molecular complexity index is 668. The number of aromatic hydroxyl groups is 1. The van der Waals surface area contributed by atoms with Crippen molar-refractivity contribution in [1.82, 2.24) is 9.38 Å². The molecule has 0 aliphatic rings. The summed E-state index contributed by atoms with van der Waals surface area (Å²) in [6.07, 6.45) is 3.48. The van der Waals surface area contributed by atoms with Gasteiger partial charge in [-0.05, 0) is 19.1 Å². The van der Waals surface area contributed by atoms with Gasteiger partial charge in [0.25, 0.3) is 0 Å². The molecule has 0 aliphatic heterocycles. The molecule has 3 heteroatoms. The topological polar surface area (TPSA) is 37.5 Å². The van der Waals surface area contributed by atoms with Crippen LogP contribution in [0, 0.1) is 6.92 Å². The highest BCUT2D eigenvalue weighted by molar-refractivity contribution is 5.63. The third kappa shape index (κ3) is 1.65. The van der Waals surface area contributed by atoms with Crippen LogP contribution in [0.2, 0.25) is 0 Å². The van der Waals surface area contributed by atoms with E-state index in [0.29, 0.717) is 0 Å². The van der Waals surface area contributed by atoms with Crippen molar-refractivity contribution in [3.63, 3.8) is 0 Å². The van der Waals surface area contributed by atoms with Crippen molar-refractivity contribution in [3.8, 4) is 17.1 Å². The van der Waals surface area contributed by atoms with Gasteiger partial charge in [0.05, 0.1) is 17.9 Å². The van der Waals surface area contributed by atoms with Crippen LogP contribution in [-0.4, -0.2) is 14.5 Å². The maximum atomic E-state index is 9.52. The fourth-order valence-electron chi connectivity index (χ4n) is 1.90. The second-order valence-corrected chi connectivity index (χ2v) is 4.13. The Morgan fingerprint density at radius 1 is 1.06 bits per heavy atom. The summed E-state index contributed by atoms with van der Waals surface area (Å²) in [6, 6.07) is 11.7. The monoisotopic (exact) mass is 224 g/mol. The molecule has 1 aromatic carbocycles. The van der Waals surface area contributed by atoms with Crippen molar-refractivity contribution in [3.05, 3.63) is 54.4 Å². The summed E-state index contributed by atoms with van der Waals surface area (Å²) in [4.78, 5) is 4.39. The number of aryl methyl sites for hydroxylation is 1. The van der Waals surface area contributed by atoms with Crippen LogP contribution in [0.1, 0.15) is 5.56 Å². The van der Waals surface area contributed by atoms with E-state index in [0.717, 1.165) is 16.9 Å². The molecule has 0 unspecified atom stereocenters. The molecule has 0 bridgehead atoms. The van der Waals surface area contributed by atoms with Gasteiger partial charge in [-0.2, -0.15) is 0 Å². The van der Waals surface area contributed by atoms with Crippen molar-refractivity contribution in [2.75, 3.05) is 0 Å². The zero-order valence-corrected chi connectivity index (χ0v) is 9.46. The number of imidazole rings is 1. The Balaban J connectivity index is 2.23. The van der Waals surface area contributed by atoms with Gasteiger partial charge in [-0.25, -0.2) is 4.98 Å². The van der Waals surface area contributed by atoms with E-state index in [-0.39, 0.29) is 5.75 Å². The summed E-state index contributed by atoms with van der Waals surface area (Å²) < 4.78 is 1.89. The molecule has 2 heterocycles. The van der Waals surface area contributed by atoms with Crippen LogP contribution in [-0.2, 0) is 0 Å². The minimum Gasteiger partial charge on any atom is -0.506 e. The Kier molecular flexibility index (Phi) is 2.11. The molecule has 3 rings (SSSR count). The van der Waals surface area contributed by atoms with Gasteiger partial charge >= 0.3 is 0 Å². The molecule has 0 radical (unpaired) electrons. The zero-order valence-electron chi connectivity index (χ0n) is 9.46. The van der Waals surface area contributed by atoms with E-state index in [1.165, 1.54) is 5.56 Å². The average Bonchev–Trinajstić information content (AvgIpc) is 2.73. The number of hydrogen-bond donors (Lipinski definition) is 1. The predicted molar refractivity (Wildman–Crippen MR) is 67.0 cm³/mol. The molecule has 84 valence electrons. The van der Waals surface area contributed by atoms with Gasteiger partial charge in [0, 0.05) is 5.56 Å². The number of pyridine rings is 1. The normalized spacial score (nSPS) is 10.9. The highest BCUT2D eigenvalue weighted by atomic mass is 16.3.